The van der Waals surface area contributed by atoms with Crippen molar-refractivity contribution in [2.24, 2.45) is 4.99 Å². The molecule has 0 aromatic heterocycles. The molecule has 0 aliphatic rings. The van der Waals surface area contributed by atoms with Gasteiger partial charge in [-0.3, -0.25) is 4.99 Å². The molecule has 0 unspecified atom stereocenters. The summed E-state index contributed by atoms with van der Waals surface area (Å²) in [7, 11) is -0.901. The predicted octanol–water partition coefficient (Wildman–Crippen LogP) is 3.20. The van der Waals surface area contributed by atoms with E-state index in [0.717, 1.165) is 6.54 Å². The zero-order valence-corrected chi connectivity index (χ0v) is 9.57. The van der Waals surface area contributed by atoms with Crippen molar-refractivity contribution in [1.82, 2.24) is 0 Å². The van der Waals surface area contributed by atoms with Crippen LogP contribution in [0.2, 0.25) is 25.7 Å². The summed E-state index contributed by atoms with van der Waals surface area (Å²) in [5, 5.41) is 0. The highest BCUT2D eigenvalue weighted by Crippen LogP contribution is 2.08. The van der Waals surface area contributed by atoms with Crippen LogP contribution in [0.15, 0.2) is 4.99 Å². The maximum atomic E-state index is 4.48. The smallest absolute Gasteiger partial charge is 0.0502 e. The summed E-state index contributed by atoms with van der Waals surface area (Å²) in [5.41, 5.74) is 1.35. The molecule has 66 valence electrons. The maximum Gasteiger partial charge on any atom is 0.0502 e. The van der Waals surface area contributed by atoms with Crippen LogP contribution in [-0.4, -0.2) is 20.3 Å². The van der Waals surface area contributed by atoms with Gasteiger partial charge in [0.1, 0.15) is 0 Å². The molecule has 0 aliphatic heterocycles. The van der Waals surface area contributed by atoms with E-state index in [2.05, 4.69) is 38.5 Å². The average Bonchev–Trinajstić information content (AvgIpc) is 1.79. The highest BCUT2D eigenvalue weighted by molar-refractivity contribution is 6.78. The van der Waals surface area contributed by atoms with Gasteiger partial charge in [-0.05, 0) is 19.4 Å². The average molecular weight is 171 g/mol. The van der Waals surface area contributed by atoms with Crippen LogP contribution in [0, 0.1) is 0 Å². The number of hydrogen-bond donors (Lipinski definition) is 0. The summed E-state index contributed by atoms with van der Waals surface area (Å²) in [6, 6.07) is 1.26. The second kappa shape index (κ2) is 4.70. The molecular weight excluding hydrogens is 150 g/mol. The highest BCUT2D eigenvalue weighted by Gasteiger charge is 2.13. The van der Waals surface area contributed by atoms with Crippen LogP contribution in [0.5, 0.6) is 0 Å². The molecule has 2 heteroatoms. The maximum absolute atomic E-state index is 4.48. The monoisotopic (exact) mass is 171 g/mol. The predicted molar refractivity (Wildman–Crippen MR) is 56.4 cm³/mol. The topological polar surface area (TPSA) is 12.4 Å². The largest absolute Gasteiger partial charge is 0.295 e. The van der Waals surface area contributed by atoms with Crippen LogP contribution < -0.4 is 0 Å². The third-order valence-electron chi connectivity index (χ3n) is 1.39. The van der Waals surface area contributed by atoms with Crippen LogP contribution in [0.3, 0.4) is 0 Å². The van der Waals surface area contributed by atoms with Crippen LogP contribution >= 0.6 is 0 Å². The Bertz CT molecular complexity index is 133. The van der Waals surface area contributed by atoms with Crippen molar-refractivity contribution < 1.29 is 0 Å². The Hall–Kier alpha value is -0.113. The third kappa shape index (κ3) is 7.79. The minimum Gasteiger partial charge on any atom is -0.295 e. The quantitative estimate of drug-likeness (QED) is 0.455. The van der Waals surface area contributed by atoms with E-state index < -0.39 is 8.07 Å². The number of nitrogens with zero attached hydrogens (tertiary/aromatic N) is 1. The number of hydrogen-bond acceptors (Lipinski definition) is 1. The standard InChI is InChI=1S/C9H21NSi/c1-6-7-10-9(2)8-11(3,4)5/h6-8H2,1-5H3. The van der Waals surface area contributed by atoms with Gasteiger partial charge in [0.05, 0.1) is 8.07 Å². The minimum absolute atomic E-state index is 0.901. The van der Waals surface area contributed by atoms with Crippen LogP contribution in [0.25, 0.3) is 0 Å². The van der Waals surface area contributed by atoms with Crippen molar-refractivity contribution in [3.8, 4) is 0 Å². The first kappa shape index (κ1) is 10.9. The van der Waals surface area contributed by atoms with E-state index in [0.29, 0.717) is 0 Å². The highest BCUT2D eigenvalue weighted by atomic mass is 28.3. The lowest BCUT2D eigenvalue weighted by Crippen LogP contribution is -2.22. The fraction of sp³-hybridized carbons (Fsp3) is 0.889. The Kier molecular flexibility index (Phi) is 4.65. The van der Waals surface area contributed by atoms with Gasteiger partial charge in [-0.15, -0.1) is 0 Å². The molecule has 11 heavy (non-hydrogen) atoms. The van der Waals surface area contributed by atoms with Gasteiger partial charge in [-0.25, -0.2) is 0 Å². The first-order valence-electron chi connectivity index (χ1n) is 4.45. The van der Waals surface area contributed by atoms with E-state index in [1.807, 2.05) is 0 Å². The van der Waals surface area contributed by atoms with Gasteiger partial charge in [0.25, 0.3) is 0 Å². The molecule has 0 aromatic rings. The van der Waals surface area contributed by atoms with Gasteiger partial charge in [0.15, 0.2) is 0 Å². The summed E-state index contributed by atoms with van der Waals surface area (Å²) in [6.45, 7) is 12.5. The SMILES string of the molecule is CCCN=C(C)C[Si](C)(C)C. The number of rotatable bonds is 4. The Morgan fingerprint density at radius 1 is 1.27 bits per heavy atom. The van der Waals surface area contributed by atoms with Crippen LogP contribution in [0.4, 0.5) is 0 Å². The summed E-state index contributed by atoms with van der Waals surface area (Å²) < 4.78 is 0. The molecule has 0 aromatic carbocycles. The van der Waals surface area contributed by atoms with E-state index in [4.69, 9.17) is 0 Å². The zero-order valence-electron chi connectivity index (χ0n) is 8.57. The van der Waals surface area contributed by atoms with E-state index in [-0.39, 0.29) is 0 Å². The lowest BCUT2D eigenvalue weighted by Gasteiger charge is -2.14. The van der Waals surface area contributed by atoms with E-state index in [1.165, 1.54) is 18.2 Å². The molecule has 1 nitrogen and oxygen atoms in total. The van der Waals surface area contributed by atoms with Gasteiger partial charge in [0, 0.05) is 12.3 Å². The molecule has 0 radical (unpaired) electrons. The first-order chi connectivity index (χ1) is 4.95. The van der Waals surface area contributed by atoms with Crippen molar-refractivity contribution in [1.29, 1.82) is 0 Å². The van der Waals surface area contributed by atoms with Crippen molar-refractivity contribution in [3.05, 3.63) is 0 Å². The molecule has 0 atom stereocenters. The fourth-order valence-corrected chi connectivity index (χ4v) is 2.77. The van der Waals surface area contributed by atoms with Crippen molar-refractivity contribution >= 4 is 13.8 Å². The molecule has 0 spiro atoms. The second-order valence-electron chi connectivity index (χ2n) is 4.35. The molecule has 0 saturated carbocycles. The van der Waals surface area contributed by atoms with E-state index in [9.17, 15) is 0 Å². The Morgan fingerprint density at radius 3 is 2.18 bits per heavy atom. The van der Waals surface area contributed by atoms with Gasteiger partial charge < -0.3 is 0 Å². The first-order valence-corrected chi connectivity index (χ1v) is 8.16. The number of aliphatic imine (C=N–C) groups is 1. The summed E-state index contributed by atoms with van der Waals surface area (Å²) in [6.07, 6.45) is 1.17. The van der Waals surface area contributed by atoms with Crippen molar-refractivity contribution in [3.63, 3.8) is 0 Å². The second-order valence-corrected chi connectivity index (χ2v) is 9.83. The molecular formula is C9H21NSi. The molecule has 0 bridgehead atoms. The fourth-order valence-electron chi connectivity index (χ4n) is 1.13. The van der Waals surface area contributed by atoms with Crippen LogP contribution in [0.1, 0.15) is 20.3 Å². The minimum atomic E-state index is -0.901. The molecule has 0 rings (SSSR count). The third-order valence-corrected chi connectivity index (χ3v) is 2.96. The zero-order chi connectivity index (χ0) is 8.91. The van der Waals surface area contributed by atoms with E-state index in [1.54, 1.807) is 0 Å². The van der Waals surface area contributed by atoms with Gasteiger partial charge in [-0.2, -0.15) is 0 Å². The van der Waals surface area contributed by atoms with E-state index >= 15 is 0 Å². The molecule has 0 saturated heterocycles. The van der Waals surface area contributed by atoms with Crippen LogP contribution in [-0.2, 0) is 0 Å². The lowest BCUT2D eigenvalue weighted by molar-refractivity contribution is 0.930. The van der Waals surface area contributed by atoms with Gasteiger partial charge >= 0.3 is 0 Å². The van der Waals surface area contributed by atoms with Gasteiger partial charge in [-0.1, -0.05) is 26.6 Å². The molecule has 0 heterocycles. The molecule has 0 amide bonds. The molecule has 0 N–H and O–H groups in total. The molecule has 0 aliphatic carbocycles. The van der Waals surface area contributed by atoms with Crippen molar-refractivity contribution in [2.45, 2.75) is 46.0 Å². The summed E-state index contributed by atoms with van der Waals surface area (Å²) in [4.78, 5) is 4.48. The van der Waals surface area contributed by atoms with Crippen molar-refractivity contribution in [2.75, 3.05) is 6.54 Å². The Labute approximate surface area is 71.9 Å². The normalized spacial score (nSPS) is 13.7. The summed E-state index contributed by atoms with van der Waals surface area (Å²) in [5.74, 6) is 0. The van der Waals surface area contributed by atoms with Gasteiger partial charge in [0.2, 0.25) is 0 Å². The molecule has 0 fully saturated rings. The summed E-state index contributed by atoms with van der Waals surface area (Å²) >= 11 is 0. The Morgan fingerprint density at radius 2 is 1.82 bits per heavy atom. The Balaban J connectivity index is 3.76. The lowest BCUT2D eigenvalue weighted by atomic mass is 10.4.